The molecule has 0 spiro atoms. The van der Waals surface area contributed by atoms with Gasteiger partial charge in [-0.25, -0.2) is 0 Å². The third-order valence-electron chi connectivity index (χ3n) is 3.85. The highest BCUT2D eigenvalue weighted by atomic mass is 16.5. The Bertz CT molecular complexity index is 866. The Balaban J connectivity index is 2.09. The van der Waals surface area contributed by atoms with Crippen LogP contribution < -0.4 is 4.74 Å². The maximum atomic E-state index is 5.25. The van der Waals surface area contributed by atoms with Crippen LogP contribution >= 0.6 is 0 Å². The molecule has 0 atom stereocenters. The van der Waals surface area contributed by atoms with Crippen LogP contribution in [0.1, 0.15) is 0 Å². The van der Waals surface area contributed by atoms with Gasteiger partial charge in [-0.1, -0.05) is 24.3 Å². The summed E-state index contributed by atoms with van der Waals surface area (Å²) in [7, 11) is 1.69. The second-order valence-electron chi connectivity index (χ2n) is 4.99. The zero-order valence-corrected chi connectivity index (χ0v) is 11.7. The highest BCUT2D eigenvalue weighted by molar-refractivity contribution is 6.09. The van der Waals surface area contributed by atoms with E-state index in [1.165, 1.54) is 21.8 Å². The molecule has 0 aliphatic rings. The van der Waals surface area contributed by atoms with E-state index in [4.69, 9.17) is 4.74 Å². The van der Waals surface area contributed by atoms with Crippen LogP contribution in [-0.4, -0.2) is 11.7 Å². The molecule has 21 heavy (non-hydrogen) atoms. The summed E-state index contributed by atoms with van der Waals surface area (Å²) in [6.07, 6.45) is 0. The summed E-state index contributed by atoms with van der Waals surface area (Å²) < 4.78 is 7.52. The van der Waals surface area contributed by atoms with E-state index < -0.39 is 0 Å². The molecule has 4 aromatic rings. The van der Waals surface area contributed by atoms with E-state index in [0.717, 1.165) is 11.4 Å². The minimum Gasteiger partial charge on any atom is -0.497 e. The molecular formula is C19H14NO. The molecule has 1 aromatic heterocycles. The van der Waals surface area contributed by atoms with Crippen molar-refractivity contribution in [2.45, 2.75) is 0 Å². The Hall–Kier alpha value is -2.74. The van der Waals surface area contributed by atoms with E-state index in [2.05, 4.69) is 59.2 Å². The molecule has 0 aliphatic heterocycles. The predicted molar refractivity (Wildman–Crippen MR) is 86.2 cm³/mol. The van der Waals surface area contributed by atoms with Gasteiger partial charge in [0.2, 0.25) is 0 Å². The average molecular weight is 272 g/mol. The van der Waals surface area contributed by atoms with E-state index in [9.17, 15) is 0 Å². The molecule has 101 valence electrons. The van der Waals surface area contributed by atoms with E-state index in [0.29, 0.717) is 0 Å². The second-order valence-corrected chi connectivity index (χ2v) is 4.99. The number of rotatable bonds is 2. The van der Waals surface area contributed by atoms with Crippen LogP contribution in [0, 0.1) is 6.07 Å². The molecule has 0 amide bonds. The van der Waals surface area contributed by atoms with Gasteiger partial charge in [-0.2, -0.15) is 0 Å². The van der Waals surface area contributed by atoms with Crippen LogP contribution in [-0.2, 0) is 0 Å². The van der Waals surface area contributed by atoms with Gasteiger partial charge in [0.15, 0.2) is 0 Å². The quantitative estimate of drug-likeness (QED) is 0.520. The first-order chi connectivity index (χ1) is 10.4. The predicted octanol–water partition coefficient (Wildman–Crippen LogP) is 4.59. The van der Waals surface area contributed by atoms with Crippen molar-refractivity contribution in [1.29, 1.82) is 0 Å². The number of benzene rings is 3. The van der Waals surface area contributed by atoms with Crippen molar-refractivity contribution >= 4 is 21.8 Å². The molecule has 0 fully saturated rings. The Morgan fingerprint density at radius 3 is 2.43 bits per heavy atom. The highest BCUT2D eigenvalue weighted by Gasteiger charge is 2.10. The molecule has 2 heteroatoms. The van der Waals surface area contributed by atoms with Gasteiger partial charge in [0.25, 0.3) is 0 Å². The molecule has 0 unspecified atom stereocenters. The first-order valence-corrected chi connectivity index (χ1v) is 6.92. The summed E-state index contributed by atoms with van der Waals surface area (Å²) >= 11 is 0. The Morgan fingerprint density at radius 2 is 1.62 bits per heavy atom. The first-order valence-electron chi connectivity index (χ1n) is 6.92. The van der Waals surface area contributed by atoms with Gasteiger partial charge in [-0.3, -0.25) is 0 Å². The van der Waals surface area contributed by atoms with E-state index in [1.807, 2.05) is 18.2 Å². The third kappa shape index (κ3) is 1.80. The van der Waals surface area contributed by atoms with Crippen LogP contribution in [0.25, 0.3) is 27.5 Å². The van der Waals surface area contributed by atoms with Gasteiger partial charge in [-0.05, 0) is 48.5 Å². The Morgan fingerprint density at radius 1 is 0.857 bits per heavy atom. The summed E-state index contributed by atoms with van der Waals surface area (Å²) in [6.45, 7) is 0. The molecule has 3 aromatic carbocycles. The summed E-state index contributed by atoms with van der Waals surface area (Å²) in [5.41, 5.74) is 3.53. The number of methoxy groups -OCH3 is 1. The monoisotopic (exact) mass is 272 g/mol. The summed E-state index contributed by atoms with van der Waals surface area (Å²) in [5, 5.41) is 2.48. The molecule has 0 saturated heterocycles. The van der Waals surface area contributed by atoms with Gasteiger partial charge in [0, 0.05) is 16.5 Å². The molecule has 0 bridgehead atoms. The van der Waals surface area contributed by atoms with Gasteiger partial charge in [0.1, 0.15) is 5.75 Å². The number of aromatic nitrogens is 1. The lowest BCUT2D eigenvalue weighted by Gasteiger charge is -2.08. The van der Waals surface area contributed by atoms with Gasteiger partial charge >= 0.3 is 0 Å². The molecule has 0 saturated carbocycles. The lowest BCUT2D eigenvalue weighted by molar-refractivity contribution is 0.415. The number of hydrogen-bond donors (Lipinski definition) is 0. The Kier molecular flexibility index (Phi) is 2.68. The van der Waals surface area contributed by atoms with Crippen molar-refractivity contribution in [3.05, 3.63) is 72.8 Å². The van der Waals surface area contributed by atoms with Crippen molar-refractivity contribution in [2.24, 2.45) is 0 Å². The fraction of sp³-hybridized carbons (Fsp3) is 0.0526. The van der Waals surface area contributed by atoms with Crippen LogP contribution in [0.4, 0.5) is 0 Å². The van der Waals surface area contributed by atoms with Crippen molar-refractivity contribution in [3.8, 4) is 11.4 Å². The topological polar surface area (TPSA) is 14.2 Å². The Labute approximate surface area is 123 Å². The molecule has 1 radical (unpaired) electrons. The molecule has 4 rings (SSSR count). The minimum atomic E-state index is 0.868. The van der Waals surface area contributed by atoms with Crippen molar-refractivity contribution in [1.82, 2.24) is 4.57 Å². The molecule has 2 nitrogen and oxygen atoms in total. The maximum absolute atomic E-state index is 5.25. The smallest absolute Gasteiger partial charge is 0.119 e. The van der Waals surface area contributed by atoms with Crippen LogP contribution in [0.2, 0.25) is 0 Å². The standard InChI is InChI=1S/C19H14NO/c1-21-15-12-10-14(11-13-15)20-18-8-4-2-6-16(18)17-7-3-5-9-19(17)20/h2,4-13H,1H3. The highest BCUT2D eigenvalue weighted by Crippen LogP contribution is 2.31. The SMILES string of the molecule is COc1ccc(-n2c3cc[c]cc3c3ccccc32)cc1. The molecule has 0 aliphatic carbocycles. The number of nitrogens with zero attached hydrogens (tertiary/aromatic N) is 1. The summed E-state index contributed by atoms with van der Waals surface area (Å²) in [6, 6.07) is 25.9. The maximum Gasteiger partial charge on any atom is 0.119 e. The van der Waals surface area contributed by atoms with Crippen molar-refractivity contribution in [3.63, 3.8) is 0 Å². The van der Waals surface area contributed by atoms with E-state index in [-0.39, 0.29) is 0 Å². The fourth-order valence-corrected chi connectivity index (χ4v) is 2.87. The largest absolute Gasteiger partial charge is 0.497 e. The number of para-hydroxylation sites is 1. The molecular weight excluding hydrogens is 258 g/mol. The lowest BCUT2D eigenvalue weighted by atomic mass is 10.2. The normalized spacial score (nSPS) is 11.1. The van der Waals surface area contributed by atoms with Gasteiger partial charge in [0.05, 0.1) is 18.1 Å². The zero-order valence-electron chi connectivity index (χ0n) is 11.7. The lowest BCUT2D eigenvalue weighted by Crippen LogP contribution is -1.93. The van der Waals surface area contributed by atoms with Gasteiger partial charge in [-0.15, -0.1) is 0 Å². The first kappa shape index (κ1) is 12.0. The van der Waals surface area contributed by atoms with E-state index in [1.54, 1.807) is 7.11 Å². The minimum absolute atomic E-state index is 0.868. The van der Waals surface area contributed by atoms with Crippen LogP contribution in [0.15, 0.2) is 66.7 Å². The van der Waals surface area contributed by atoms with E-state index >= 15 is 0 Å². The van der Waals surface area contributed by atoms with Crippen LogP contribution in [0.5, 0.6) is 5.75 Å². The van der Waals surface area contributed by atoms with Crippen molar-refractivity contribution in [2.75, 3.05) is 7.11 Å². The number of hydrogen-bond acceptors (Lipinski definition) is 1. The van der Waals surface area contributed by atoms with Crippen molar-refractivity contribution < 1.29 is 4.74 Å². The second kappa shape index (κ2) is 4.67. The number of fused-ring (bicyclic) bond motifs is 3. The molecule has 0 N–H and O–H groups in total. The van der Waals surface area contributed by atoms with Crippen LogP contribution in [0.3, 0.4) is 0 Å². The average Bonchev–Trinajstić information content (AvgIpc) is 2.90. The summed E-state index contributed by atoms with van der Waals surface area (Å²) in [5.74, 6) is 0.868. The molecule has 1 heterocycles. The summed E-state index contributed by atoms with van der Waals surface area (Å²) in [4.78, 5) is 0. The fourth-order valence-electron chi connectivity index (χ4n) is 2.87. The zero-order chi connectivity index (χ0) is 14.2. The van der Waals surface area contributed by atoms with Gasteiger partial charge < -0.3 is 9.30 Å². The number of ether oxygens (including phenoxy) is 1. The third-order valence-corrected chi connectivity index (χ3v) is 3.85.